The number of likely N-dealkylation sites (tertiary alicyclic amines) is 1. The molecule has 1 saturated heterocycles. The van der Waals surface area contributed by atoms with Gasteiger partial charge in [-0.3, -0.25) is 19.3 Å². The van der Waals surface area contributed by atoms with Crippen molar-refractivity contribution in [2.24, 2.45) is 23.7 Å². The third-order valence-corrected chi connectivity index (χ3v) is 6.26. The monoisotopic (exact) mass is 396 g/mol. The average Bonchev–Trinajstić information content (AvgIpc) is 2.68. The number of aliphatic hydroxyl groups excluding tert-OH is 1. The molecule has 0 radical (unpaired) electrons. The van der Waals surface area contributed by atoms with Gasteiger partial charge in [-0.25, -0.2) is 0 Å². The zero-order chi connectivity index (χ0) is 21.1. The molecule has 6 heteroatoms. The van der Waals surface area contributed by atoms with Crippen LogP contribution in [0.15, 0.2) is 24.3 Å². The minimum Gasteiger partial charge on any atom is -0.392 e. The summed E-state index contributed by atoms with van der Waals surface area (Å²) in [4.78, 5) is 38.9. The summed E-state index contributed by atoms with van der Waals surface area (Å²) in [6.07, 6.45) is 1.42. The van der Waals surface area contributed by atoms with Crippen LogP contribution in [0.5, 0.6) is 0 Å². The highest BCUT2D eigenvalue weighted by Crippen LogP contribution is 2.35. The van der Waals surface area contributed by atoms with Crippen molar-refractivity contribution in [2.45, 2.75) is 58.6 Å². The number of rotatable bonds is 5. The van der Waals surface area contributed by atoms with Crippen molar-refractivity contribution in [3.8, 4) is 6.07 Å². The fraction of sp³-hybridized carbons (Fsp3) is 0.565. The number of hydrogen-bond acceptors (Lipinski definition) is 5. The van der Waals surface area contributed by atoms with Crippen molar-refractivity contribution in [1.82, 2.24) is 4.90 Å². The summed E-state index contributed by atoms with van der Waals surface area (Å²) < 4.78 is 0. The number of ketones is 1. The van der Waals surface area contributed by atoms with Crippen LogP contribution in [-0.2, 0) is 20.9 Å². The van der Waals surface area contributed by atoms with Crippen LogP contribution in [0, 0.1) is 35.0 Å². The molecule has 0 spiro atoms. The topological polar surface area (TPSA) is 98.5 Å². The molecule has 154 valence electrons. The Morgan fingerprint density at radius 3 is 2.31 bits per heavy atom. The van der Waals surface area contributed by atoms with Gasteiger partial charge in [0.15, 0.2) is 0 Å². The minimum atomic E-state index is -0.802. The summed E-state index contributed by atoms with van der Waals surface area (Å²) in [5, 5.41) is 19.5. The summed E-state index contributed by atoms with van der Waals surface area (Å²) in [7, 11) is 0. The van der Waals surface area contributed by atoms with Crippen molar-refractivity contribution in [1.29, 1.82) is 5.26 Å². The van der Waals surface area contributed by atoms with Gasteiger partial charge in [-0.2, -0.15) is 5.26 Å². The fourth-order valence-electron chi connectivity index (χ4n) is 4.72. The number of benzene rings is 1. The number of carbonyl (C=O) groups excluding carboxylic acids is 3. The summed E-state index contributed by atoms with van der Waals surface area (Å²) >= 11 is 0. The molecular weight excluding hydrogens is 368 g/mol. The van der Waals surface area contributed by atoms with E-state index in [1.54, 1.807) is 24.3 Å². The van der Waals surface area contributed by atoms with Gasteiger partial charge in [0.05, 0.1) is 24.3 Å². The molecule has 29 heavy (non-hydrogen) atoms. The second-order valence-electron chi connectivity index (χ2n) is 8.75. The van der Waals surface area contributed by atoms with Gasteiger partial charge in [0.25, 0.3) is 0 Å². The number of hydrogen-bond donors (Lipinski definition) is 1. The number of amides is 2. The number of imide groups is 1. The molecule has 2 aliphatic rings. The van der Waals surface area contributed by atoms with Crippen molar-refractivity contribution in [2.75, 3.05) is 0 Å². The van der Waals surface area contributed by atoms with Gasteiger partial charge >= 0.3 is 0 Å². The van der Waals surface area contributed by atoms with Gasteiger partial charge in [0, 0.05) is 24.7 Å². The normalized spacial score (nSPS) is 27.0. The van der Waals surface area contributed by atoms with E-state index in [0.717, 1.165) is 12.0 Å². The molecule has 6 nitrogen and oxygen atoms in total. The zero-order valence-corrected chi connectivity index (χ0v) is 17.0. The molecule has 3 rings (SSSR count). The predicted octanol–water partition coefficient (Wildman–Crippen LogP) is 2.83. The second-order valence-corrected chi connectivity index (χ2v) is 8.75. The third-order valence-electron chi connectivity index (χ3n) is 6.26. The maximum atomic E-state index is 12.6. The van der Waals surface area contributed by atoms with Gasteiger partial charge in [0.1, 0.15) is 5.78 Å². The fourth-order valence-corrected chi connectivity index (χ4v) is 4.72. The number of aliphatic hydroxyl groups is 1. The lowest BCUT2D eigenvalue weighted by atomic mass is 9.71. The molecular formula is C23H28N2O4. The van der Waals surface area contributed by atoms with E-state index in [2.05, 4.69) is 6.92 Å². The standard InChI is InChI=1S/C23H28N2O4/c1-14-7-15(2)23(29)19(8-14)20(26)9-18-10-21(27)25(22(28)11-18)13-17-5-3-16(12-24)4-6-17/h3-6,14-15,18-20,26H,7-11,13H2,1-2H3/t14-,15?,19?,20+/m0/s1. The number of carbonyl (C=O) groups is 3. The first kappa shape index (κ1) is 21.2. The van der Waals surface area contributed by atoms with Crippen LogP contribution in [0.1, 0.15) is 57.1 Å². The van der Waals surface area contributed by atoms with E-state index >= 15 is 0 Å². The number of nitrogens with zero attached hydrogens (tertiary/aromatic N) is 2. The third kappa shape index (κ3) is 4.91. The average molecular weight is 396 g/mol. The quantitative estimate of drug-likeness (QED) is 0.772. The van der Waals surface area contributed by atoms with E-state index in [-0.39, 0.29) is 48.8 Å². The molecule has 0 aromatic heterocycles. The highest BCUT2D eigenvalue weighted by molar-refractivity contribution is 5.97. The SMILES string of the molecule is CC1C[C@H](C)CC([C@H](O)CC2CC(=O)N(Cc3ccc(C#N)cc3)C(=O)C2)C1=O. The van der Waals surface area contributed by atoms with Crippen LogP contribution >= 0.6 is 0 Å². The molecule has 0 bridgehead atoms. The first-order chi connectivity index (χ1) is 13.8. The van der Waals surface area contributed by atoms with Crippen molar-refractivity contribution >= 4 is 17.6 Å². The van der Waals surface area contributed by atoms with Crippen LogP contribution in [0.25, 0.3) is 0 Å². The van der Waals surface area contributed by atoms with Gasteiger partial charge in [-0.15, -0.1) is 0 Å². The largest absolute Gasteiger partial charge is 0.392 e. The molecule has 2 fully saturated rings. The van der Waals surface area contributed by atoms with Crippen LogP contribution in [0.4, 0.5) is 0 Å². The van der Waals surface area contributed by atoms with E-state index in [0.29, 0.717) is 24.3 Å². The summed E-state index contributed by atoms with van der Waals surface area (Å²) in [6.45, 7) is 4.19. The van der Waals surface area contributed by atoms with Crippen LogP contribution in [0.3, 0.4) is 0 Å². The Morgan fingerprint density at radius 2 is 1.72 bits per heavy atom. The highest BCUT2D eigenvalue weighted by Gasteiger charge is 2.39. The Bertz CT molecular complexity index is 808. The first-order valence-corrected chi connectivity index (χ1v) is 10.3. The van der Waals surface area contributed by atoms with E-state index in [1.165, 1.54) is 4.90 Å². The van der Waals surface area contributed by atoms with Gasteiger partial charge in [-0.05, 0) is 48.8 Å². The van der Waals surface area contributed by atoms with Crippen LogP contribution in [-0.4, -0.2) is 33.7 Å². The second kappa shape index (κ2) is 8.87. The lowest BCUT2D eigenvalue weighted by molar-refractivity contribution is -0.151. The highest BCUT2D eigenvalue weighted by atomic mass is 16.3. The van der Waals surface area contributed by atoms with E-state index in [9.17, 15) is 19.5 Å². The molecule has 1 N–H and O–H groups in total. The lowest BCUT2D eigenvalue weighted by Crippen LogP contribution is -2.44. The molecule has 2 amide bonds. The Balaban J connectivity index is 1.59. The lowest BCUT2D eigenvalue weighted by Gasteiger charge is -2.36. The van der Waals surface area contributed by atoms with E-state index in [4.69, 9.17) is 5.26 Å². The molecule has 4 atom stereocenters. The van der Waals surface area contributed by atoms with Gasteiger partial charge in [0.2, 0.25) is 11.8 Å². The van der Waals surface area contributed by atoms with Gasteiger partial charge < -0.3 is 5.11 Å². The molecule has 1 aromatic rings. The Hall–Kier alpha value is -2.52. The maximum Gasteiger partial charge on any atom is 0.229 e. The zero-order valence-electron chi connectivity index (χ0n) is 17.0. The minimum absolute atomic E-state index is 0.0454. The van der Waals surface area contributed by atoms with Crippen molar-refractivity contribution < 1.29 is 19.5 Å². The first-order valence-electron chi connectivity index (χ1n) is 10.3. The number of piperidine rings is 1. The van der Waals surface area contributed by atoms with Gasteiger partial charge in [-0.1, -0.05) is 26.0 Å². The molecule has 1 heterocycles. The van der Waals surface area contributed by atoms with Crippen molar-refractivity contribution in [3.63, 3.8) is 0 Å². The Labute approximate surface area is 171 Å². The Kier molecular flexibility index (Phi) is 6.49. The van der Waals surface area contributed by atoms with E-state index < -0.39 is 12.0 Å². The van der Waals surface area contributed by atoms with E-state index in [1.807, 2.05) is 13.0 Å². The Morgan fingerprint density at radius 1 is 1.10 bits per heavy atom. The smallest absolute Gasteiger partial charge is 0.229 e. The molecule has 1 aromatic carbocycles. The number of Topliss-reactive ketones (excluding diaryl/α,β-unsaturated/α-hetero) is 1. The van der Waals surface area contributed by atoms with Crippen molar-refractivity contribution in [3.05, 3.63) is 35.4 Å². The summed E-state index contributed by atoms with van der Waals surface area (Å²) in [5.74, 6) is -0.681. The molecule has 1 aliphatic carbocycles. The van der Waals surface area contributed by atoms with Crippen LogP contribution < -0.4 is 0 Å². The molecule has 2 unspecified atom stereocenters. The summed E-state index contributed by atoms with van der Waals surface area (Å²) in [5.41, 5.74) is 1.32. The van der Waals surface area contributed by atoms with Crippen LogP contribution in [0.2, 0.25) is 0 Å². The predicted molar refractivity (Wildman–Crippen MR) is 106 cm³/mol. The molecule has 1 saturated carbocycles. The summed E-state index contributed by atoms with van der Waals surface area (Å²) in [6, 6.07) is 8.85. The maximum absolute atomic E-state index is 12.6. The molecule has 1 aliphatic heterocycles. The number of nitriles is 1.